The van der Waals surface area contributed by atoms with E-state index in [0.717, 1.165) is 32.1 Å². The summed E-state index contributed by atoms with van der Waals surface area (Å²) in [5.74, 6) is -0.913. The smallest absolute Gasteiger partial charge is 0.247 e. The number of nitrogens with zero attached hydrogens (tertiary/aromatic N) is 3. The van der Waals surface area contributed by atoms with Gasteiger partial charge in [-0.15, -0.1) is 24.9 Å². The Bertz CT molecular complexity index is 836. The molecule has 1 N–H and O–H groups in total. The molecule has 0 radical (unpaired) electrons. The van der Waals surface area contributed by atoms with Crippen molar-refractivity contribution in [2.75, 3.05) is 39.3 Å². The number of hydrogen-bond acceptors (Lipinski definition) is 5. The Balaban J connectivity index is 2.02. The van der Waals surface area contributed by atoms with Crippen molar-refractivity contribution in [2.24, 2.45) is 17.8 Å². The monoisotopic (exact) mass is 519 g/mol. The minimum Gasteiger partial charge on any atom is -0.396 e. The van der Waals surface area contributed by atoms with Gasteiger partial charge in [0.05, 0.1) is 16.6 Å². The number of rotatable bonds is 15. The molecule has 3 aliphatic heterocycles. The van der Waals surface area contributed by atoms with Crippen LogP contribution >= 0.6 is 11.8 Å². The number of thioether (sulfide) groups is 1. The molecular weight excluding hydrogens is 474 g/mol. The minimum absolute atomic E-state index is 0.0162. The summed E-state index contributed by atoms with van der Waals surface area (Å²) in [5.41, 5.74) is 0. The molecule has 8 heteroatoms. The average Bonchev–Trinajstić information content (AvgIpc) is 3.45. The summed E-state index contributed by atoms with van der Waals surface area (Å²) in [7, 11) is 0. The van der Waals surface area contributed by atoms with Crippen LogP contribution in [0.1, 0.15) is 59.3 Å². The Morgan fingerprint density at radius 1 is 1.08 bits per heavy atom. The molecular formula is C28H45N3O4S. The van der Waals surface area contributed by atoms with E-state index >= 15 is 0 Å². The Morgan fingerprint density at radius 2 is 1.75 bits per heavy atom. The van der Waals surface area contributed by atoms with Crippen molar-refractivity contribution in [1.82, 2.24) is 14.7 Å². The van der Waals surface area contributed by atoms with Crippen molar-refractivity contribution in [2.45, 2.75) is 75.3 Å². The predicted molar refractivity (Wildman–Crippen MR) is 145 cm³/mol. The van der Waals surface area contributed by atoms with Crippen molar-refractivity contribution >= 4 is 29.5 Å². The van der Waals surface area contributed by atoms with Gasteiger partial charge in [-0.05, 0) is 31.6 Å². The number of likely N-dealkylation sites (tertiary alicyclic amines) is 1. The quantitative estimate of drug-likeness (QED) is 0.265. The van der Waals surface area contributed by atoms with Gasteiger partial charge in [0.15, 0.2) is 0 Å². The molecule has 3 aliphatic rings. The van der Waals surface area contributed by atoms with Gasteiger partial charge in [-0.3, -0.25) is 14.4 Å². The van der Waals surface area contributed by atoms with Gasteiger partial charge in [0.25, 0.3) is 0 Å². The average molecular weight is 520 g/mol. The van der Waals surface area contributed by atoms with Crippen molar-refractivity contribution < 1.29 is 19.5 Å². The van der Waals surface area contributed by atoms with Gasteiger partial charge in [0.1, 0.15) is 6.04 Å². The van der Waals surface area contributed by atoms with Gasteiger partial charge in [0.2, 0.25) is 17.7 Å². The number of carbonyl (C=O) groups is 3. The molecule has 0 saturated carbocycles. The Kier molecular flexibility index (Phi) is 10.1. The topological polar surface area (TPSA) is 81.2 Å². The molecule has 6 atom stereocenters. The van der Waals surface area contributed by atoms with Crippen LogP contribution in [-0.4, -0.2) is 92.9 Å². The van der Waals surface area contributed by atoms with E-state index in [1.54, 1.807) is 28.8 Å². The van der Waals surface area contributed by atoms with Crippen LogP contribution in [0.5, 0.6) is 0 Å². The number of hydrogen-bond donors (Lipinski definition) is 1. The third kappa shape index (κ3) is 5.00. The Hall–Kier alpha value is -1.80. The van der Waals surface area contributed by atoms with Gasteiger partial charge < -0.3 is 19.8 Å². The number of amides is 3. The van der Waals surface area contributed by atoms with Crippen LogP contribution in [0.4, 0.5) is 0 Å². The van der Waals surface area contributed by atoms with Crippen molar-refractivity contribution in [3.05, 3.63) is 25.3 Å². The zero-order valence-corrected chi connectivity index (χ0v) is 23.2. The summed E-state index contributed by atoms with van der Waals surface area (Å²) in [6, 6.07) is -0.620. The first-order chi connectivity index (χ1) is 17.3. The summed E-state index contributed by atoms with van der Waals surface area (Å²) >= 11 is 1.72. The molecule has 3 fully saturated rings. The molecule has 3 rings (SSSR count). The standard InChI is InChI=1S/C28H45N3O4S/c1-6-10-11-16-30(15-9-4)27(35)24-28-20(5)19-21(36-28)22(25(33)29(13-7-2)14-8-3)23(28)26(34)31(24)17-12-18-32/h7,9,20-24,32H,2,4,6,8,10-19H2,1,3,5H3/t20?,21-,22+,23+,24?,28?/m1/s1. The van der Waals surface area contributed by atoms with E-state index in [2.05, 4.69) is 27.0 Å². The second-order valence-electron chi connectivity index (χ2n) is 10.5. The van der Waals surface area contributed by atoms with Crippen molar-refractivity contribution in [3.63, 3.8) is 0 Å². The van der Waals surface area contributed by atoms with Crippen molar-refractivity contribution in [1.29, 1.82) is 0 Å². The fraction of sp³-hybridized carbons (Fsp3) is 0.750. The maximum Gasteiger partial charge on any atom is 0.247 e. The van der Waals surface area contributed by atoms with E-state index in [-0.39, 0.29) is 35.5 Å². The van der Waals surface area contributed by atoms with Crippen LogP contribution in [0.25, 0.3) is 0 Å². The van der Waals surface area contributed by atoms with E-state index in [1.807, 2.05) is 16.7 Å². The highest BCUT2D eigenvalue weighted by atomic mass is 32.2. The molecule has 3 heterocycles. The normalized spacial score (nSPS) is 30.4. The molecule has 202 valence electrons. The summed E-state index contributed by atoms with van der Waals surface area (Å²) < 4.78 is -0.620. The first-order valence-corrected chi connectivity index (χ1v) is 14.6. The van der Waals surface area contributed by atoms with Gasteiger partial charge in [0, 0.05) is 44.6 Å². The fourth-order valence-electron chi connectivity index (χ4n) is 6.66. The Labute approximate surface area is 221 Å². The second-order valence-corrected chi connectivity index (χ2v) is 12.1. The number of carbonyl (C=O) groups excluding carboxylic acids is 3. The lowest BCUT2D eigenvalue weighted by Gasteiger charge is -2.41. The lowest BCUT2D eigenvalue weighted by molar-refractivity contribution is -0.145. The second kappa shape index (κ2) is 12.6. The molecule has 3 amide bonds. The molecule has 0 aromatic carbocycles. The van der Waals surface area contributed by atoms with E-state index in [4.69, 9.17) is 0 Å². The number of aliphatic hydroxyl groups is 1. The van der Waals surface area contributed by atoms with Crippen LogP contribution in [0.3, 0.4) is 0 Å². The first-order valence-electron chi connectivity index (χ1n) is 13.7. The number of aliphatic hydroxyl groups excluding tert-OH is 1. The van der Waals surface area contributed by atoms with Gasteiger partial charge in [-0.25, -0.2) is 0 Å². The lowest BCUT2D eigenvalue weighted by atomic mass is 9.65. The number of fused-ring (bicyclic) bond motifs is 1. The molecule has 36 heavy (non-hydrogen) atoms. The van der Waals surface area contributed by atoms with Crippen molar-refractivity contribution in [3.8, 4) is 0 Å². The molecule has 0 aromatic rings. The van der Waals surface area contributed by atoms with Gasteiger partial charge >= 0.3 is 0 Å². The summed E-state index contributed by atoms with van der Waals surface area (Å²) in [5, 5.41) is 9.60. The molecule has 3 unspecified atom stereocenters. The predicted octanol–water partition coefficient (Wildman–Crippen LogP) is 3.34. The summed E-state index contributed by atoms with van der Waals surface area (Å²) in [4.78, 5) is 47.6. The third-order valence-electron chi connectivity index (χ3n) is 8.17. The van der Waals surface area contributed by atoms with E-state index in [1.165, 1.54) is 0 Å². The maximum absolute atomic E-state index is 14.2. The zero-order valence-electron chi connectivity index (χ0n) is 22.4. The fourth-order valence-corrected chi connectivity index (χ4v) is 9.07. The lowest BCUT2D eigenvalue weighted by Crippen LogP contribution is -2.57. The largest absolute Gasteiger partial charge is 0.396 e. The Morgan fingerprint density at radius 3 is 2.33 bits per heavy atom. The SMILES string of the molecule is C=CCN(CCCCC)C(=O)C1N(CCCO)C(=O)[C@@H]2[C@@H](C(=O)N(CC=C)CCC)[C@H]3CC(C)C12S3. The molecule has 3 saturated heterocycles. The highest BCUT2D eigenvalue weighted by Crippen LogP contribution is 2.68. The van der Waals surface area contributed by atoms with E-state index < -0.39 is 22.6 Å². The molecule has 2 bridgehead atoms. The highest BCUT2D eigenvalue weighted by Gasteiger charge is 2.76. The van der Waals surface area contributed by atoms with Crippen LogP contribution < -0.4 is 0 Å². The molecule has 0 aromatic heterocycles. The molecule has 1 spiro atoms. The van der Waals surface area contributed by atoms with Crippen LogP contribution in [-0.2, 0) is 14.4 Å². The maximum atomic E-state index is 14.2. The number of unbranched alkanes of at least 4 members (excludes halogenated alkanes) is 2. The highest BCUT2D eigenvalue weighted by molar-refractivity contribution is 8.02. The van der Waals surface area contributed by atoms with Crippen LogP contribution in [0.15, 0.2) is 25.3 Å². The van der Waals surface area contributed by atoms with Gasteiger partial charge in [-0.1, -0.05) is 45.8 Å². The zero-order chi connectivity index (χ0) is 26.5. The summed E-state index contributed by atoms with van der Waals surface area (Å²) in [6.07, 6.45) is 8.57. The van der Waals surface area contributed by atoms with Crippen LogP contribution in [0.2, 0.25) is 0 Å². The van der Waals surface area contributed by atoms with E-state index in [9.17, 15) is 19.5 Å². The van der Waals surface area contributed by atoms with Gasteiger partial charge in [-0.2, -0.15) is 0 Å². The first kappa shape index (κ1) is 28.8. The summed E-state index contributed by atoms with van der Waals surface area (Å²) in [6.45, 7) is 16.5. The third-order valence-corrected chi connectivity index (χ3v) is 10.2. The minimum atomic E-state index is -0.620. The molecule has 0 aliphatic carbocycles. The van der Waals surface area contributed by atoms with Crippen LogP contribution in [0, 0.1) is 17.8 Å². The van der Waals surface area contributed by atoms with E-state index in [0.29, 0.717) is 39.1 Å². The molecule has 7 nitrogen and oxygen atoms in total.